The van der Waals surface area contributed by atoms with E-state index in [1.165, 1.54) is 6.20 Å². The van der Waals surface area contributed by atoms with Crippen LogP contribution in [0.4, 0.5) is 4.39 Å². The van der Waals surface area contributed by atoms with E-state index in [0.29, 0.717) is 31.6 Å². The maximum absolute atomic E-state index is 14.0. The third-order valence-corrected chi connectivity index (χ3v) is 4.36. The second kappa shape index (κ2) is 5.92. The lowest BCUT2D eigenvalue weighted by molar-refractivity contribution is -0.0184. The standard InChI is InChI=1S/C17H18FNO2/c18-15-12-19-9-6-14(15)16(20)17(7-10-21-11-8-17)13-4-2-1-3-5-13/h1-6,9,12,16,20H,7-8,10-11H2. The van der Waals surface area contributed by atoms with Gasteiger partial charge < -0.3 is 9.84 Å². The monoisotopic (exact) mass is 287 g/mol. The Kier molecular flexibility index (Phi) is 3.99. The largest absolute Gasteiger partial charge is 0.387 e. The first-order valence-electron chi connectivity index (χ1n) is 7.15. The van der Waals surface area contributed by atoms with Gasteiger partial charge in [-0.15, -0.1) is 0 Å². The van der Waals surface area contributed by atoms with Crippen LogP contribution in [-0.4, -0.2) is 23.3 Å². The summed E-state index contributed by atoms with van der Waals surface area (Å²) in [5, 5.41) is 10.9. The summed E-state index contributed by atoms with van der Waals surface area (Å²) < 4.78 is 19.5. The molecule has 1 atom stereocenters. The van der Waals surface area contributed by atoms with Gasteiger partial charge in [-0.3, -0.25) is 4.98 Å². The van der Waals surface area contributed by atoms with Crippen LogP contribution in [0, 0.1) is 5.82 Å². The number of hydrogen-bond acceptors (Lipinski definition) is 3. The molecule has 3 nitrogen and oxygen atoms in total. The lowest BCUT2D eigenvalue weighted by Crippen LogP contribution is -2.40. The van der Waals surface area contributed by atoms with Crippen LogP contribution in [0.15, 0.2) is 48.8 Å². The predicted octanol–water partition coefficient (Wildman–Crippen LogP) is 3.00. The molecule has 0 amide bonds. The molecule has 2 heterocycles. The molecule has 1 aromatic heterocycles. The molecule has 1 aliphatic rings. The van der Waals surface area contributed by atoms with E-state index in [9.17, 15) is 9.50 Å². The fraction of sp³-hybridized carbons (Fsp3) is 0.353. The summed E-state index contributed by atoms with van der Waals surface area (Å²) in [4.78, 5) is 3.76. The number of ether oxygens (including phenoxy) is 1. The van der Waals surface area contributed by atoms with E-state index in [0.717, 1.165) is 11.8 Å². The van der Waals surface area contributed by atoms with Gasteiger partial charge in [0, 0.05) is 30.4 Å². The Bertz CT molecular complexity index is 597. The fourth-order valence-electron chi connectivity index (χ4n) is 3.13. The van der Waals surface area contributed by atoms with Gasteiger partial charge in [-0.1, -0.05) is 30.3 Å². The van der Waals surface area contributed by atoms with Crippen LogP contribution in [0.2, 0.25) is 0 Å². The summed E-state index contributed by atoms with van der Waals surface area (Å²) in [6.07, 6.45) is 3.09. The van der Waals surface area contributed by atoms with Crippen molar-refractivity contribution in [1.82, 2.24) is 4.98 Å². The molecule has 110 valence electrons. The molecule has 1 aromatic carbocycles. The van der Waals surface area contributed by atoms with Crippen LogP contribution in [0.25, 0.3) is 0 Å². The Morgan fingerprint density at radius 2 is 1.86 bits per heavy atom. The number of pyridine rings is 1. The number of aliphatic hydroxyl groups is 1. The fourth-order valence-corrected chi connectivity index (χ4v) is 3.13. The van der Waals surface area contributed by atoms with Crippen LogP contribution in [0.3, 0.4) is 0 Å². The van der Waals surface area contributed by atoms with E-state index in [4.69, 9.17) is 4.74 Å². The van der Waals surface area contributed by atoms with E-state index in [-0.39, 0.29) is 0 Å². The van der Waals surface area contributed by atoms with Crippen LogP contribution < -0.4 is 0 Å². The third-order valence-electron chi connectivity index (χ3n) is 4.36. The molecule has 0 spiro atoms. The van der Waals surface area contributed by atoms with E-state index in [1.54, 1.807) is 6.07 Å². The van der Waals surface area contributed by atoms with Crippen molar-refractivity contribution >= 4 is 0 Å². The molecule has 0 radical (unpaired) electrons. The molecule has 0 aliphatic carbocycles. The zero-order chi connectivity index (χ0) is 14.7. The molecule has 4 heteroatoms. The zero-order valence-electron chi connectivity index (χ0n) is 11.7. The summed E-state index contributed by atoms with van der Waals surface area (Å²) in [5.41, 5.74) is 0.814. The summed E-state index contributed by atoms with van der Waals surface area (Å²) >= 11 is 0. The number of halogens is 1. The molecule has 21 heavy (non-hydrogen) atoms. The lowest BCUT2D eigenvalue weighted by atomic mass is 9.68. The van der Waals surface area contributed by atoms with Crippen LogP contribution >= 0.6 is 0 Å². The molecular weight excluding hydrogens is 269 g/mol. The summed E-state index contributed by atoms with van der Waals surface area (Å²) in [6, 6.07) is 11.4. The second-order valence-corrected chi connectivity index (χ2v) is 5.43. The molecule has 0 bridgehead atoms. The number of nitrogens with zero attached hydrogens (tertiary/aromatic N) is 1. The smallest absolute Gasteiger partial charge is 0.147 e. The van der Waals surface area contributed by atoms with Gasteiger partial charge in [-0.25, -0.2) is 4.39 Å². The Morgan fingerprint density at radius 3 is 2.52 bits per heavy atom. The van der Waals surface area contributed by atoms with E-state index in [1.807, 2.05) is 30.3 Å². The van der Waals surface area contributed by atoms with E-state index in [2.05, 4.69) is 4.98 Å². The van der Waals surface area contributed by atoms with Crippen molar-refractivity contribution in [2.45, 2.75) is 24.4 Å². The summed E-state index contributed by atoms with van der Waals surface area (Å²) in [5.74, 6) is -0.466. The highest BCUT2D eigenvalue weighted by Gasteiger charge is 2.42. The van der Waals surface area contributed by atoms with Gasteiger partial charge in [0.25, 0.3) is 0 Å². The Balaban J connectivity index is 2.06. The zero-order valence-corrected chi connectivity index (χ0v) is 11.7. The van der Waals surface area contributed by atoms with Crippen molar-refractivity contribution in [2.24, 2.45) is 0 Å². The van der Waals surface area contributed by atoms with Crippen molar-refractivity contribution in [3.05, 3.63) is 65.7 Å². The normalized spacial score (nSPS) is 19.1. The van der Waals surface area contributed by atoms with Gasteiger partial charge in [0.2, 0.25) is 0 Å². The molecule has 3 rings (SSSR count). The molecule has 1 N–H and O–H groups in total. The average molecular weight is 287 g/mol. The van der Waals surface area contributed by atoms with Crippen LogP contribution in [-0.2, 0) is 10.2 Å². The van der Waals surface area contributed by atoms with E-state index >= 15 is 0 Å². The molecule has 2 aromatic rings. The van der Waals surface area contributed by atoms with Gasteiger partial charge in [0.1, 0.15) is 5.82 Å². The lowest BCUT2D eigenvalue weighted by Gasteiger charge is -2.41. The van der Waals surface area contributed by atoms with Crippen molar-refractivity contribution in [1.29, 1.82) is 0 Å². The quantitative estimate of drug-likeness (QED) is 0.943. The van der Waals surface area contributed by atoms with Gasteiger partial charge >= 0.3 is 0 Å². The van der Waals surface area contributed by atoms with Crippen molar-refractivity contribution in [3.8, 4) is 0 Å². The number of aromatic nitrogens is 1. The Hall–Kier alpha value is -1.78. The van der Waals surface area contributed by atoms with Crippen molar-refractivity contribution in [3.63, 3.8) is 0 Å². The highest BCUT2D eigenvalue weighted by molar-refractivity contribution is 5.32. The van der Waals surface area contributed by atoms with Crippen LogP contribution in [0.5, 0.6) is 0 Å². The molecular formula is C17H18FNO2. The molecule has 1 aliphatic heterocycles. The number of hydrogen-bond donors (Lipinski definition) is 1. The first-order valence-corrected chi connectivity index (χ1v) is 7.15. The molecule has 1 saturated heterocycles. The highest BCUT2D eigenvalue weighted by atomic mass is 19.1. The van der Waals surface area contributed by atoms with Crippen molar-refractivity contribution < 1.29 is 14.2 Å². The molecule has 1 unspecified atom stereocenters. The van der Waals surface area contributed by atoms with Crippen LogP contribution in [0.1, 0.15) is 30.1 Å². The SMILES string of the molecule is OC(c1ccncc1F)C1(c2ccccc2)CCOCC1. The minimum absolute atomic E-state index is 0.302. The minimum Gasteiger partial charge on any atom is -0.387 e. The minimum atomic E-state index is -0.910. The maximum atomic E-state index is 14.0. The van der Waals surface area contributed by atoms with E-state index < -0.39 is 17.3 Å². The van der Waals surface area contributed by atoms with Crippen molar-refractivity contribution in [2.75, 3.05) is 13.2 Å². The van der Waals surface area contributed by atoms with Gasteiger partial charge in [-0.05, 0) is 24.5 Å². The number of aliphatic hydroxyl groups excluding tert-OH is 1. The third kappa shape index (κ3) is 2.57. The van der Waals surface area contributed by atoms with Gasteiger partial charge in [0.05, 0.1) is 12.3 Å². The number of benzene rings is 1. The Labute approximate surface area is 123 Å². The summed E-state index contributed by atoms with van der Waals surface area (Å²) in [6.45, 7) is 1.14. The predicted molar refractivity (Wildman–Crippen MR) is 77.3 cm³/mol. The van der Waals surface area contributed by atoms with Gasteiger partial charge in [0.15, 0.2) is 0 Å². The first-order chi connectivity index (χ1) is 10.2. The average Bonchev–Trinajstić information content (AvgIpc) is 2.56. The first kappa shape index (κ1) is 14.2. The molecule has 1 fully saturated rings. The maximum Gasteiger partial charge on any atom is 0.147 e. The Morgan fingerprint density at radius 1 is 1.14 bits per heavy atom. The highest BCUT2D eigenvalue weighted by Crippen LogP contribution is 2.45. The second-order valence-electron chi connectivity index (χ2n) is 5.43. The molecule has 0 saturated carbocycles. The summed E-state index contributed by atoms with van der Waals surface area (Å²) in [7, 11) is 0. The topological polar surface area (TPSA) is 42.4 Å². The number of rotatable bonds is 3. The van der Waals surface area contributed by atoms with Gasteiger partial charge in [-0.2, -0.15) is 0 Å².